The van der Waals surface area contributed by atoms with Gasteiger partial charge in [0.1, 0.15) is 18.2 Å². The van der Waals surface area contributed by atoms with Crippen LogP contribution in [-0.2, 0) is 19.0 Å². The zero-order chi connectivity index (χ0) is 12.1. The lowest BCUT2D eigenvalue weighted by molar-refractivity contribution is -0.133. The van der Waals surface area contributed by atoms with Crippen LogP contribution in [0.2, 0.25) is 0 Å². The van der Waals surface area contributed by atoms with Gasteiger partial charge in [0.05, 0.1) is 6.61 Å². The summed E-state index contributed by atoms with van der Waals surface area (Å²) in [5.41, 5.74) is 5.68. The predicted octanol–water partition coefficient (Wildman–Crippen LogP) is -1.17. The maximum Gasteiger partial charge on any atom is 0.242 e. The third kappa shape index (κ3) is 2.91. The van der Waals surface area contributed by atoms with Crippen LogP contribution in [-0.4, -0.2) is 70.1 Å². The molecule has 1 aliphatic rings. The highest BCUT2D eigenvalue weighted by Gasteiger charge is 2.36. The van der Waals surface area contributed by atoms with E-state index >= 15 is 0 Å². The summed E-state index contributed by atoms with van der Waals surface area (Å²) in [5, 5.41) is 0. The summed E-state index contributed by atoms with van der Waals surface area (Å²) in [4.78, 5) is 13.5. The summed E-state index contributed by atoms with van der Waals surface area (Å²) in [6, 6.07) is -0.613. The van der Waals surface area contributed by atoms with E-state index in [4.69, 9.17) is 19.9 Å². The standard InChI is InChI=1S/C10H20N2O4/c1-14-6-7(11)10(13)12-4-8(15-2)9(5-12)16-3/h7-9H,4-6,11H2,1-3H3. The van der Waals surface area contributed by atoms with Crippen molar-refractivity contribution < 1.29 is 19.0 Å². The van der Waals surface area contributed by atoms with Gasteiger partial charge in [0.25, 0.3) is 0 Å². The molecule has 0 aromatic carbocycles. The van der Waals surface area contributed by atoms with E-state index in [1.54, 1.807) is 19.1 Å². The Morgan fingerprint density at radius 3 is 2.19 bits per heavy atom. The fraction of sp³-hybridized carbons (Fsp3) is 0.900. The smallest absolute Gasteiger partial charge is 0.242 e. The second-order valence-electron chi connectivity index (χ2n) is 3.85. The van der Waals surface area contributed by atoms with Crippen molar-refractivity contribution in [3.8, 4) is 0 Å². The number of hydrogen-bond acceptors (Lipinski definition) is 5. The molecule has 0 bridgehead atoms. The summed E-state index contributed by atoms with van der Waals surface area (Å²) in [7, 11) is 4.74. The normalized spacial score (nSPS) is 27.1. The Bertz CT molecular complexity index is 225. The number of likely N-dealkylation sites (tertiary alicyclic amines) is 1. The van der Waals surface area contributed by atoms with Crippen molar-refractivity contribution in [2.75, 3.05) is 41.0 Å². The number of carbonyl (C=O) groups is 1. The molecule has 1 heterocycles. The molecule has 3 atom stereocenters. The van der Waals surface area contributed by atoms with Crippen molar-refractivity contribution in [3.05, 3.63) is 0 Å². The van der Waals surface area contributed by atoms with Gasteiger partial charge in [-0.3, -0.25) is 4.79 Å². The van der Waals surface area contributed by atoms with Crippen molar-refractivity contribution in [2.24, 2.45) is 5.73 Å². The van der Waals surface area contributed by atoms with Crippen LogP contribution in [0.3, 0.4) is 0 Å². The van der Waals surface area contributed by atoms with E-state index in [-0.39, 0.29) is 24.7 Å². The Balaban J connectivity index is 2.53. The van der Waals surface area contributed by atoms with E-state index < -0.39 is 6.04 Å². The number of hydrogen-bond donors (Lipinski definition) is 1. The Hall–Kier alpha value is -0.690. The summed E-state index contributed by atoms with van der Waals surface area (Å²) in [5.74, 6) is -0.122. The molecule has 6 nitrogen and oxygen atoms in total. The van der Waals surface area contributed by atoms with Gasteiger partial charge in [-0.15, -0.1) is 0 Å². The molecular formula is C10H20N2O4. The van der Waals surface area contributed by atoms with Crippen LogP contribution in [0.4, 0.5) is 0 Å². The third-order valence-electron chi connectivity index (χ3n) is 2.80. The molecule has 94 valence electrons. The predicted molar refractivity (Wildman–Crippen MR) is 58.0 cm³/mol. The Morgan fingerprint density at radius 2 is 1.81 bits per heavy atom. The van der Waals surface area contributed by atoms with Gasteiger partial charge in [0.15, 0.2) is 0 Å². The molecule has 1 aliphatic heterocycles. The molecule has 16 heavy (non-hydrogen) atoms. The molecule has 1 rings (SSSR count). The van der Waals surface area contributed by atoms with Crippen molar-refractivity contribution in [2.45, 2.75) is 18.2 Å². The lowest BCUT2D eigenvalue weighted by atomic mass is 10.3. The zero-order valence-electron chi connectivity index (χ0n) is 10.0. The van der Waals surface area contributed by atoms with Crippen molar-refractivity contribution in [3.63, 3.8) is 0 Å². The zero-order valence-corrected chi connectivity index (χ0v) is 10.0. The summed E-state index contributed by atoms with van der Waals surface area (Å²) < 4.78 is 15.3. The van der Waals surface area contributed by atoms with Gasteiger partial charge in [0.2, 0.25) is 5.91 Å². The number of nitrogens with two attached hydrogens (primary N) is 1. The van der Waals surface area contributed by atoms with E-state index in [0.29, 0.717) is 13.1 Å². The van der Waals surface area contributed by atoms with Crippen LogP contribution in [0.15, 0.2) is 0 Å². The van der Waals surface area contributed by atoms with E-state index in [0.717, 1.165) is 0 Å². The minimum absolute atomic E-state index is 0.0799. The fourth-order valence-electron chi connectivity index (χ4n) is 1.86. The van der Waals surface area contributed by atoms with Crippen LogP contribution in [0, 0.1) is 0 Å². The first-order valence-corrected chi connectivity index (χ1v) is 5.23. The number of nitrogens with zero attached hydrogens (tertiary/aromatic N) is 1. The lowest BCUT2D eigenvalue weighted by Crippen LogP contribution is -2.45. The largest absolute Gasteiger partial charge is 0.383 e. The monoisotopic (exact) mass is 232 g/mol. The van der Waals surface area contributed by atoms with Gasteiger partial charge >= 0.3 is 0 Å². The van der Waals surface area contributed by atoms with Gasteiger partial charge < -0.3 is 24.8 Å². The highest BCUT2D eigenvalue weighted by Crippen LogP contribution is 2.16. The number of amides is 1. The van der Waals surface area contributed by atoms with Gasteiger partial charge in [-0.1, -0.05) is 0 Å². The Kier molecular flexibility index (Phi) is 5.14. The molecule has 0 radical (unpaired) electrons. The van der Waals surface area contributed by atoms with Gasteiger partial charge in [0, 0.05) is 34.4 Å². The second-order valence-corrected chi connectivity index (χ2v) is 3.85. The average Bonchev–Trinajstić information content (AvgIpc) is 2.71. The van der Waals surface area contributed by atoms with E-state index in [2.05, 4.69) is 0 Å². The van der Waals surface area contributed by atoms with Crippen LogP contribution in [0.25, 0.3) is 0 Å². The molecular weight excluding hydrogens is 212 g/mol. The fourth-order valence-corrected chi connectivity index (χ4v) is 1.86. The Morgan fingerprint density at radius 1 is 1.31 bits per heavy atom. The topological polar surface area (TPSA) is 74.0 Å². The molecule has 2 N–H and O–H groups in total. The second kappa shape index (κ2) is 6.15. The quantitative estimate of drug-likeness (QED) is 0.646. The number of carbonyl (C=O) groups excluding carboxylic acids is 1. The highest BCUT2D eigenvalue weighted by atomic mass is 16.5. The number of methoxy groups -OCH3 is 3. The first kappa shape index (κ1) is 13.4. The molecule has 0 aromatic rings. The molecule has 1 fully saturated rings. The van der Waals surface area contributed by atoms with E-state index in [9.17, 15) is 4.79 Å². The molecule has 0 saturated carbocycles. The minimum atomic E-state index is -0.613. The molecule has 1 saturated heterocycles. The lowest BCUT2D eigenvalue weighted by Gasteiger charge is -2.19. The maximum atomic E-state index is 11.9. The SMILES string of the molecule is COCC(N)C(=O)N1CC(OC)C(OC)C1. The molecule has 0 aliphatic carbocycles. The van der Waals surface area contributed by atoms with E-state index in [1.807, 2.05) is 0 Å². The molecule has 0 spiro atoms. The molecule has 1 amide bonds. The third-order valence-corrected chi connectivity index (χ3v) is 2.80. The van der Waals surface area contributed by atoms with Crippen LogP contribution in [0.5, 0.6) is 0 Å². The van der Waals surface area contributed by atoms with Crippen LogP contribution in [0.1, 0.15) is 0 Å². The molecule has 6 heteroatoms. The first-order valence-electron chi connectivity index (χ1n) is 5.23. The molecule has 3 unspecified atom stereocenters. The molecule has 0 aromatic heterocycles. The first-order chi connectivity index (χ1) is 7.63. The van der Waals surface area contributed by atoms with Crippen molar-refractivity contribution in [1.82, 2.24) is 4.90 Å². The highest BCUT2D eigenvalue weighted by molar-refractivity contribution is 5.82. The Labute approximate surface area is 95.6 Å². The van der Waals surface area contributed by atoms with Gasteiger partial charge in [-0.25, -0.2) is 0 Å². The van der Waals surface area contributed by atoms with Crippen LogP contribution >= 0.6 is 0 Å². The van der Waals surface area contributed by atoms with E-state index in [1.165, 1.54) is 7.11 Å². The summed E-state index contributed by atoms with van der Waals surface area (Å²) >= 11 is 0. The summed E-state index contributed by atoms with van der Waals surface area (Å²) in [6.07, 6.45) is -0.160. The van der Waals surface area contributed by atoms with Gasteiger partial charge in [-0.05, 0) is 0 Å². The van der Waals surface area contributed by atoms with Crippen molar-refractivity contribution >= 4 is 5.91 Å². The number of rotatable bonds is 5. The van der Waals surface area contributed by atoms with Gasteiger partial charge in [-0.2, -0.15) is 0 Å². The maximum absolute atomic E-state index is 11.9. The summed E-state index contributed by atoms with van der Waals surface area (Å²) in [6.45, 7) is 1.27. The average molecular weight is 232 g/mol. The van der Waals surface area contributed by atoms with Crippen LogP contribution < -0.4 is 5.73 Å². The number of ether oxygens (including phenoxy) is 3. The minimum Gasteiger partial charge on any atom is -0.383 e. The van der Waals surface area contributed by atoms with Crippen molar-refractivity contribution in [1.29, 1.82) is 0 Å².